The molecule has 2 aromatic rings. The summed E-state index contributed by atoms with van der Waals surface area (Å²) >= 11 is 0. The minimum atomic E-state index is -3.79. The van der Waals surface area contributed by atoms with E-state index in [1.165, 1.54) is 11.8 Å². The topological polar surface area (TPSA) is 102 Å². The van der Waals surface area contributed by atoms with Crippen molar-refractivity contribution in [3.8, 4) is 0 Å². The van der Waals surface area contributed by atoms with Crippen LogP contribution < -0.4 is 15.3 Å². The summed E-state index contributed by atoms with van der Waals surface area (Å²) in [6.45, 7) is 12.8. The predicted molar refractivity (Wildman–Crippen MR) is 148 cm³/mol. The number of hydrogen-bond donors (Lipinski definition) is 1. The molecule has 2 aromatic heterocycles. The van der Waals surface area contributed by atoms with Gasteiger partial charge in [0.1, 0.15) is 0 Å². The third kappa shape index (κ3) is 4.41. The largest absolute Gasteiger partial charge is 0.385 e. The fourth-order valence-electron chi connectivity index (χ4n) is 6.80. The second-order valence-electron chi connectivity index (χ2n) is 10.5. The van der Waals surface area contributed by atoms with Crippen molar-refractivity contribution < 1.29 is 17.7 Å². The fraction of sp³-hybridized carbons (Fsp3) is 0.571. The number of nitrogens with zero attached hydrogens (tertiary/aromatic N) is 4. The van der Waals surface area contributed by atoms with Gasteiger partial charge in [-0.3, -0.25) is 4.90 Å². The van der Waals surface area contributed by atoms with E-state index >= 15 is 0 Å². The molecule has 3 aliphatic rings. The smallest absolute Gasteiger partial charge is 0.241 e. The molecule has 10 heteroatoms. The third-order valence-corrected chi connectivity index (χ3v) is 9.90. The summed E-state index contributed by atoms with van der Waals surface area (Å²) < 4.78 is 42.9. The Labute approximate surface area is 225 Å². The Bertz CT molecular complexity index is 1490. The van der Waals surface area contributed by atoms with Gasteiger partial charge in [-0.1, -0.05) is 30.8 Å². The number of nitrogens with one attached hydrogen (secondary N) is 1. The number of sulfonamides is 1. The number of hydrogen-bond acceptors (Lipinski definition) is 7. The van der Waals surface area contributed by atoms with E-state index in [9.17, 15) is 8.42 Å². The van der Waals surface area contributed by atoms with E-state index < -0.39 is 10.0 Å². The minimum absolute atomic E-state index is 0.0277. The standard InChI is InChI=1S/C28H39N5O4S/c1-6-22-25(23(7-2)38(34,35)29-13-10-16-36-5)21-11-15-32-14-9-12-28(8-3)18-20(33(22)26(21)27(28)32)17-24-30-19(4)31-37-24/h6-7,18,27,29H,2,8-17H2,1,3-5H3/b22-6+,25-23+/t27-,28+/m1/s1. The van der Waals surface area contributed by atoms with Crippen molar-refractivity contribution >= 4 is 26.7 Å². The summed E-state index contributed by atoms with van der Waals surface area (Å²) in [7, 11) is -2.18. The number of aryl methyl sites for hydroxylation is 1. The molecule has 2 atom stereocenters. The average Bonchev–Trinajstić information content (AvgIpc) is 3.47. The number of methoxy groups -OCH3 is 1. The predicted octanol–water partition coefficient (Wildman–Crippen LogP) is 2.42. The number of allylic oxidation sites excluding steroid dienone is 1. The van der Waals surface area contributed by atoms with Crippen molar-refractivity contribution in [2.24, 2.45) is 5.41 Å². The van der Waals surface area contributed by atoms with Gasteiger partial charge in [-0.05, 0) is 64.1 Å². The van der Waals surface area contributed by atoms with Crippen LogP contribution in [0.3, 0.4) is 0 Å². The first-order chi connectivity index (χ1) is 18.3. The molecule has 3 aliphatic heterocycles. The molecule has 1 fully saturated rings. The van der Waals surface area contributed by atoms with Crippen molar-refractivity contribution in [1.29, 1.82) is 0 Å². The summed E-state index contributed by atoms with van der Waals surface area (Å²) in [5.41, 5.74) is 3.37. The van der Waals surface area contributed by atoms with Gasteiger partial charge in [0, 0.05) is 48.8 Å². The van der Waals surface area contributed by atoms with Crippen molar-refractivity contribution in [1.82, 2.24) is 24.3 Å². The quantitative estimate of drug-likeness (QED) is 0.461. The van der Waals surface area contributed by atoms with Gasteiger partial charge in [0.2, 0.25) is 15.9 Å². The highest BCUT2D eigenvalue weighted by molar-refractivity contribution is 7.98. The van der Waals surface area contributed by atoms with Crippen molar-refractivity contribution in [3.05, 3.63) is 52.3 Å². The van der Waals surface area contributed by atoms with Crippen LogP contribution in [0.2, 0.25) is 0 Å². The monoisotopic (exact) mass is 541 g/mol. The lowest BCUT2D eigenvalue weighted by atomic mass is 9.66. The highest BCUT2D eigenvalue weighted by atomic mass is 32.2. The molecular weight excluding hydrogens is 502 g/mol. The molecular formula is C28H39N5O4S. The second kappa shape index (κ2) is 10.6. The van der Waals surface area contributed by atoms with Crippen LogP contribution in [0.4, 0.5) is 0 Å². The van der Waals surface area contributed by atoms with Gasteiger partial charge in [-0.2, -0.15) is 4.98 Å². The summed E-state index contributed by atoms with van der Waals surface area (Å²) in [5.74, 6) is 1.17. The van der Waals surface area contributed by atoms with E-state index in [0.29, 0.717) is 37.7 Å². The van der Waals surface area contributed by atoms with Gasteiger partial charge in [0.15, 0.2) is 5.82 Å². The van der Waals surface area contributed by atoms with Crippen LogP contribution in [0.5, 0.6) is 0 Å². The van der Waals surface area contributed by atoms with Gasteiger partial charge >= 0.3 is 0 Å². The zero-order valence-electron chi connectivity index (χ0n) is 22.9. The van der Waals surface area contributed by atoms with Crippen LogP contribution in [-0.4, -0.2) is 61.4 Å². The van der Waals surface area contributed by atoms with Crippen LogP contribution in [0.15, 0.2) is 23.3 Å². The minimum Gasteiger partial charge on any atom is -0.385 e. The highest BCUT2D eigenvalue weighted by Crippen LogP contribution is 2.54. The zero-order chi connectivity index (χ0) is 27.1. The maximum Gasteiger partial charge on any atom is 0.241 e. The molecule has 38 heavy (non-hydrogen) atoms. The number of aromatic nitrogens is 3. The van der Waals surface area contributed by atoms with Crippen molar-refractivity contribution in [3.63, 3.8) is 0 Å². The van der Waals surface area contributed by atoms with E-state index in [2.05, 4.69) is 43.9 Å². The fourth-order valence-corrected chi connectivity index (χ4v) is 8.09. The molecule has 9 nitrogen and oxygen atoms in total. The van der Waals surface area contributed by atoms with Gasteiger partial charge in [0.25, 0.3) is 0 Å². The van der Waals surface area contributed by atoms with E-state index in [1.807, 2.05) is 19.9 Å². The van der Waals surface area contributed by atoms with Gasteiger partial charge < -0.3 is 13.8 Å². The molecule has 0 amide bonds. The Balaban J connectivity index is 1.78. The van der Waals surface area contributed by atoms with Crippen molar-refractivity contribution in [2.45, 2.75) is 65.3 Å². The van der Waals surface area contributed by atoms with E-state index in [-0.39, 0.29) is 16.4 Å². The summed E-state index contributed by atoms with van der Waals surface area (Å²) in [4.78, 5) is 7.33. The number of piperidine rings is 1. The molecule has 206 valence electrons. The lowest BCUT2D eigenvalue weighted by molar-refractivity contribution is 0.0262. The van der Waals surface area contributed by atoms with Crippen LogP contribution in [-0.2, 0) is 27.6 Å². The highest BCUT2D eigenvalue weighted by Gasteiger charge is 2.50. The average molecular weight is 542 g/mol. The van der Waals surface area contributed by atoms with Crippen LogP contribution in [0.1, 0.15) is 68.5 Å². The lowest BCUT2D eigenvalue weighted by Crippen LogP contribution is -2.51. The first kappa shape index (κ1) is 27.1. The van der Waals surface area contributed by atoms with Gasteiger partial charge in [-0.25, -0.2) is 13.1 Å². The maximum atomic E-state index is 13.6. The van der Waals surface area contributed by atoms with E-state index in [4.69, 9.17) is 9.26 Å². The Morgan fingerprint density at radius 1 is 1.39 bits per heavy atom. The molecule has 1 saturated heterocycles. The molecule has 0 aromatic carbocycles. The Morgan fingerprint density at radius 3 is 2.87 bits per heavy atom. The molecule has 0 unspecified atom stereocenters. The van der Waals surface area contributed by atoms with Crippen LogP contribution in [0, 0.1) is 12.3 Å². The van der Waals surface area contributed by atoms with Gasteiger partial charge in [0.05, 0.1) is 22.7 Å². The molecule has 0 bridgehead atoms. The van der Waals surface area contributed by atoms with Crippen LogP contribution in [0.25, 0.3) is 16.7 Å². The Kier molecular flexibility index (Phi) is 7.52. The molecule has 0 saturated carbocycles. The molecule has 5 rings (SSSR count). The third-order valence-electron chi connectivity index (χ3n) is 8.37. The zero-order valence-corrected chi connectivity index (χ0v) is 23.7. The summed E-state index contributed by atoms with van der Waals surface area (Å²) in [6.07, 6.45) is 11.1. The number of ether oxygens (including phenoxy) is 1. The maximum absolute atomic E-state index is 13.6. The molecule has 1 N–H and O–H groups in total. The van der Waals surface area contributed by atoms with E-state index in [1.54, 1.807) is 7.11 Å². The van der Waals surface area contributed by atoms with Gasteiger partial charge in [-0.15, -0.1) is 0 Å². The Hall–Kier alpha value is -2.53. The summed E-state index contributed by atoms with van der Waals surface area (Å²) in [6, 6.07) is 0.203. The molecule has 5 heterocycles. The lowest BCUT2D eigenvalue weighted by Gasteiger charge is -2.53. The summed E-state index contributed by atoms with van der Waals surface area (Å²) in [5, 5.41) is 5.66. The van der Waals surface area contributed by atoms with E-state index in [0.717, 1.165) is 60.6 Å². The Morgan fingerprint density at radius 2 is 2.21 bits per heavy atom. The SMILES string of the molecule is C=C/C(=c1/c2c3n(/c1=C/C)C(Cc1nc(C)no1)=C[C@]1(CC)CCCN(CC2)[C@H]31)S(=O)(=O)NCCCOC. The first-order valence-corrected chi connectivity index (χ1v) is 15.1. The molecule has 0 aliphatic carbocycles. The first-order valence-electron chi connectivity index (χ1n) is 13.6. The van der Waals surface area contributed by atoms with Crippen LogP contribution >= 0.6 is 0 Å². The number of rotatable bonds is 10. The second-order valence-corrected chi connectivity index (χ2v) is 12.2. The normalized spacial score (nSPS) is 24.3. The molecule has 0 spiro atoms. The van der Waals surface area contributed by atoms with Crippen molar-refractivity contribution in [2.75, 3.05) is 33.4 Å². The molecule has 0 radical (unpaired) electrons.